The lowest BCUT2D eigenvalue weighted by molar-refractivity contribution is 0.0926. The molecule has 0 fully saturated rings. The second-order valence-corrected chi connectivity index (χ2v) is 13.4. The van der Waals surface area contributed by atoms with Gasteiger partial charge in [-0.25, -0.2) is 4.90 Å². The summed E-state index contributed by atoms with van der Waals surface area (Å²) in [4.78, 5) is 39.1. The molecule has 2 amide bonds. The minimum Gasteiger partial charge on any atom is -0.308 e. The largest absolute Gasteiger partial charge is 0.308 e. The van der Waals surface area contributed by atoms with Crippen LogP contribution in [0.5, 0.6) is 0 Å². The Bertz CT molecular complexity index is 2870. The van der Waals surface area contributed by atoms with Gasteiger partial charge in [0.25, 0.3) is 11.8 Å². The van der Waals surface area contributed by atoms with E-state index in [1.165, 1.54) is 4.90 Å². The van der Waals surface area contributed by atoms with Gasteiger partial charge >= 0.3 is 0 Å². The predicted molar refractivity (Wildman–Crippen MR) is 225 cm³/mol. The second kappa shape index (κ2) is 13.8. The van der Waals surface area contributed by atoms with Crippen LogP contribution >= 0.6 is 0 Å². The maximum Gasteiger partial charge on any atom is 0.268 e. The first kappa shape index (κ1) is 33.4. The van der Waals surface area contributed by atoms with Crippen LogP contribution in [-0.2, 0) is 0 Å². The van der Waals surface area contributed by atoms with Crippen molar-refractivity contribution < 1.29 is 9.59 Å². The Morgan fingerprint density at radius 2 is 1.25 bits per heavy atom. The first-order valence-electron chi connectivity index (χ1n) is 18.1. The number of anilines is 1. The molecule has 1 aliphatic rings. The molecule has 9 rings (SSSR count). The Kier molecular flexibility index (Phi) is 8.41. The fourth-order valence-electron chi connectivity index (χ4n) is 7.69. The number of hydrogen-bond acceptors (Lipinski definition) is 4. The molecule has 0 spiro atoms. The highest BCUT2D eigenvalue weighted by atomic mass is 16.2. The summed E-state index contributed by atoms with van der Waals surface area (Å²) in [6, 6.07) is 48.1. The summed E-state index contributed by atoms with van der Waals surface area (Å²) in [5.41, 5.74) is 11.5. The van der Waals surface area contributed by atoms with Gasteiger partial charge in [0.15, 0.2) is 0 Å². The monoisotopic (exact) mass is 710 g/mol. The molecule has 2 aromatic heterocycles. The molecule has 0 bridgehead atoms. The zero-order valence-corrected chi connectivity index (χ0v) is 30.1. The summed E-state index contributed by atoms with van der Waals surface area (Å²) in [5.74, 6) is -0.719. The lowest BCUT2D eigenvalue weighted by Crippen LogP contribution is -2.30. The van der Waals surface area contributed by atoms with Gasteiger partial charge in [0, 0.05) is 42.0 Å². The van der Waals surface area contributed by atoms with Gasteiger partial charge in [0.05, 0.1) is 33.5 Å². The van der Waals surface area contributed by atoms with Gasteiger partial charge in [-0.15, -0.1) is 0 Å². The molecule has 6 heteroatoms. The Morgan fingerprint density at radius 3 is 1.98 bits per heavy atom. The van der Waals surface area contributed by atoms with Crippen molar-refractivity contribution in [2.75, 3.05) is 11.9 Å². The third kappa shape index (κ3) is 5.68. The van der Waals surface area contributed by atoms with Crippen LogP contribution in [0.4, 0.5) is 5.69 Å². The van der Waals surface area contributed by atoms with E-state index in [1.807, 2.05) is 97.1 Å². The van der Waals surface area contributed by atoms with Crippen molar-refractivity contribution in [1.82, 2.24) is 9.55 Å². The number of nitrogens with zero attached hydrogens (tertiary/aromatic N) is 4. The fourth-order valence-corrected chi connectivity index (χ4v) is 7.69. The van der Waals surface area contributed by atoms with E-state index in [-0.39, 0.29) is 11.8 Å². The lowest BCUT2D eigenvalue weighted by atomic mass is 9.97. The fraction of sp³-hybridized carbons (Fsp3) is 0.0204. The number of rotatable bonds is 8. The van der Waals surface area contributed by atoms with E-state index in [4.69, 9.17) is 0 Å². The van der Waals surface area contributed by atoms with Crippen molar-refractivity contribution in [3.05, 3.63) is 193 Å². The van der Waals surface area contributed by atoms with Crippen molar-refractivity contribution in [2.24, 2.45) is 4.99 Å². The highest BCUT2D eigenvalue weighted by Crippen LogP contribution is 2.42. The molecule has 3 heterocycles. The van der Waals surface area contributed by atoms with Gasteiger partial charge in [-0.05, 0) is 106 Å². The third-order valence-corrected chi connectivity index (χ3v) is 10.3. The molecule has 0 unspecified atom stereocenters. The van der Waals surface area contributed by atoms with Crippen LogP contribution in [0.1, 0.15) is 26.3 Å². The standard InChI is InChI=1S/C49H34N4O2/c1-3-32(23-26-50-2)36-17-21-44-41(30-36)42-31-38(34-24-27-51-28-25-34)19-22-45(42)52(44)46-16-10-15-39-47(46)49(55)53(48(39)54)43-20-18-37(33-11-6-4-7-12-33)29-40(43)35-13-8-5-9-14-35/h3-31H,1H2,2H3/b32-23+,50-26-. The van der Waals surface area contributed by atoms with E-state index in [0.717, 1.165) is 66.3 Å². The topological polar surface area (TPSA) is 67.6 Å². The van der Waals surface area contributed by atoms with E-state index >= 15 is 0 Å². The molecule has 55 heavy (non-hydrogen) atoms. The molecule has 0 aliphatic carbocycles. The zero-order valence-electron chi connectivity index (χ0n) is 30.1. The van der Waals surface area contributed by atoms with E-state index < -0.39 is 0 Å². The number of carbonyl (C=O) groups is 2. The molecule has 6 aromatic carbocycles. The number of aromatic nitrogens is 2. The molecule has 0 N–H and O–H groups in total. The van der Waals surface area contributed by atoms with Crippen LogP contribution in [0.2, 0.25) is 0 Å². The average molecular weight is 711 g/mol. The Hall–Kier alpha value is -7.44. The summed E-state index contributed by atoms with van der Waals surface area (Å²) in [6.07, 6.45) is 9.10. The number of benzene rings is 6. The number of hydrogen-bond donors (Lipinski definition) is 0. The smallest absolute Gasteiger partial charge is 0.268 e. The van der Waals surface area contributed by atoms with Crippen LogP contribution in [0.15, 0.2) is 182 Å². The third-order valence-electron chi connectivity index (χ3n) is 10.3. The van der Waals surface area contributed by atoms with Crippen molar-refractivity contribution >= 4 is 51.1 Å². The second-order valence-electron chi connectivity index (χ2n) is 13.4. The number of pyridine rings is 1. The highest BCUT2D eigenvalue weighted by Gasteiger charge is 2.40. The summed E-state index contributed by atoms with van der Waals surface area (Å²) in [5, 5.41) is 2.01. The van der Waals surface area contributed by atoms with Crippen molar-refractivity contribution in [3.63, 3.8) is 0 Å². The van der Waals surface area contributed by atoms with E-state index in [9.17, 15) is 9.59 Å². The number of carbonyl (C=O) groups excluding carboxylic acids is 2. The molecule has 0 saturated carbocycles. The van der Waals surface area contributed by atoms with Crippen molar-refractivity contribution in [1.29, 1.82) is 0 Å². The SMILES string of the molecule is C=C/C(=C\C=N/C)c1ccc2c(c1)c1cc(-c3ccncc3)ccc1n2-c1cccc2c1C(=O)N(c1ccc(-c3ccccc3)cc1-c1ccccc1)C2=O. The van der Waals surface area contributed by atoms with Crippen molar-refractivity contribution in [2.45, 2.75) is 0 Å². The first-order valence-corrected chi connectivity index (χ1v) is 18.1. The normalized spacial score (nSPS) is 13.0. The van der Waals surface area contributed by atoms with E-state index in [2.05, 4.69) is 75.7 Å². The number of amides is 2. The molecular weight excluding hydrogens is 677 g/mol. The van der Waals surface area contributed by atoms with Crippen LogP contribution in [0.3, 0.4) is 0 Å². The summed E-state index contributed by atoms with van der Waals surface area (Å²) < 4.78 is 2.11. The number of fused-ring (bicyclic) bond motifs is 4. The first-order chi connectivity index (χ1) is 27.1. The van der Waals surface area contributed by atoms with Crippen LogP contribution in [-0.4, -0.2) is 34.6 Å². The summed E-state index contributed by atoms with van der Waals surface area (Å²) >= 11 is 0. The molecule has 0 atom stereocenters. The van der Waals surface area contributed by atoms with E-state index in [0.29, 0.717) is 22.5 Å². The molecule has 1 aliphatic heterocycles. The average Bonchev–Trinajstić information content (AvgIpc) is 3.71. The highest BCUT2D eigenvalue weighted by molar-refractivity contribution is 6.36. The van der Waals surface area contributed by atoms with Gasteiger partial charge in [0.1, 0.15) is 0 Å². The van der Waals surface area contributed by atoms with Gasteiger partial charge in [0.2, 0.25) is 0 Å². The molecule has 0 radical (unpaired) electrons. The molecule has 0 saturated heterocycles. The maximum absolute atomic E-state index is 14.9. The van der Waals surface area contributed by atoms with Crippen molar-refractivity contribution in [3.8, 4) is 39.1 Å². The Balaban J connectivity index is 1.24. The minimum atomic E-state index is -0.365. The number of allylic oxidation sites excluding steroid dienone is 3. The molecule has 6 nitrogen and oxygen atoms in total. The van der Waals surface area contributed by atoms with Gasteiger partial charge in [-0.3, -0.25) is 19.6 Å². The van der Waals surface area contributed by atoms with Crippen LogP contribution in [0.25, 0.3) is 66.4 Å². The lowest BCUT2D eigenvalue weighted by Gasteiger charge is -2.20. The Morgan fingerprint density at radius 1 is 0.600 bits per heavy atom. The van der Waals surface area contributed by atoms with Crippen LogP contribution in [0, 0.1) is 0 Å². The number of aliphatic imine (C=N–C) groups is 1. The Labute approximate surface area is 318 Å². The molecule has 262 valence electrons. The zero-order chi connectivity index (χ0) is 37.5. The minimum absolute atomic E-state index is 0.354. The molecular formula is C49H34N4O2. The van der Waals surface area contributed by atoms with E-state index in [1.54, 1.807) is 31.7 Å². The molecule has 8 aromatic rings. The number of imide groups is 1. The van der Waals surface area contributed by atoms with Gasteiger partial charge < -0.3 is 4.57 Å². The maximum atomic E-state index is 14.9. The summed E-state index contributed by atoms with van der Waals surface area (Å²) in [6.45, 7) is 4.06. The quantitative estimate of drug-likeness (QED) is 0.0895. The van der Waals surface area contributed by atoms with Gasteiger partial charge in [-0.2, -0.15) is 0 Å². The predicted octanol–water partition coefficient (Wildman–Crippen LogP) is 11.3. The van der Waals surface area contributed by atoms with Crippen LogP contribution < -0.4 is 4.90 Å². The van der Waals surface area contributed by atoms with Gasteiger partial charge in [-0.1, -0.05) is 97.6 Å². The summed E-state index contributed by atoms with van der Waals surface area (Å²) in [7, 11) is 1.74.